The third-order valence-corrected chi connectivity index (χ3v) is 8.44. The van der Waals surface area contributed by atoms with Crippen molar-refractivity contribution in [2.45, 2.75) is 50.8 Å². The van der Waals surface area contributed by atoms with Crippen molar-refractivity contribution >= 4 is 38.9 Å². The smallest absolute Gasteiger partial charge is 0.243 e. The number of sulfonamides is 1. The summed E-state index contributed by atoms with van der Waals surface area (Å²) >= 11 is 0. The fourth-order valence-electron chi connectivity index (χ4n) is 4.53. The van der Waals surface area contributed by atoms with Crippen LogP contribution in [0.1, 0.15) is 43.2 Å². The maximum absolute atomic E-state index is 13.0. The van der Waals surface area contributed by atoms with Gasteiger partial charge in [-0.3, -0.25) is 9.59 Å². The summed E-state index contributed by atoms with van der Waals surface area (Å²) in [6.45, 7) is 5.55. The fourth-order valence-corrected chi connectivity index (χ4v) is 6.07. The number of rotatable bonds is 7. The van der Waals surface area contributed by atoms with Crippen LogP contribution in [0.15, 0.2) is 41.3 Å². The van der Waals surface area contributed by atoms with Crippen molar-refractivity contribution in [3.63, 3.8) is 0 Å². The van der Waals surface area contributed by atoms with E-state index in [0.717, 1.165) is 48.2 Å². The molecular formula is C25H32N4O4S. The molecule has 182 valence electrons. The molecule has 8 nitrogen and oxygen atoms in total. The molecule has 2 N–H and O–H groups in total. The second kappa shape index (κ2) is 10.1. The molecule has 0 radical (unpaired) electrons. The van der Waals surface area contributed by atoms with Crippen LogP contribution in [0.4, 0.5) is 17.1 Å². The predicted octanol–water partition coefficient (Wildman–Crippen LogP) is 3.66. The first-order valence-corrected chi connectivity index (χ1v) is 13.3. The van der Waals surface area contributed by atoms with Crippen molar-refractivity contribution in [3.05, 3.63) is 47.5 Å². The van der Waals surface area contributed by atoms with Crippen LogP contribution in [0.3, 0.4) is 0 Å². The lowest BCUT2D eigenvalue weighted by atomic mass is 10.1. The first kappa shape index (κ1) is 24.2. The molecule has 2 aliphatic heterocycles. The number of nitrogens with zero attached hydrogens (tertiary/aromatic N) is 2. The number of nitrogens with one attached hydrogen (secondary N) is 2. The Morgan fingerprint density at radius 1 is 0.971 bits per heavy atom. The van der Waals surface area contributed by atoms with Crippen molar-refractivity contribution in [1.82, 2.24) is 4.31 Å². The number of anilines is 3. The maximum Gasteiger partial charge on any atom is 0.243 e. The van der Waals surface area contributed by atoms with Gasteiger partial charge in [-0.15, -0.1) is 0 Å². The molecule has 2 saturated heterocycles. The Morgan fingerprint density at radius 2 is 1.74 bits per heavy atom. The van der Waals surface area contributed by atoms with Gasteiger partial charge in [-0.25, -0.2) is 8.42 Å². The second-order valence-electron chi connectivity index (χ2n) is 8.94. The van der Waals surface area contributed by atoms with E-state index in [1.54, 1.807) is 23.1 Å². The maximum atomic E-state index is 13.0. The van der Waals surface area contributed by atoms with E-state index in [9.17, 15) is 18.0 Å². The molecule has 9 heteroatoms. The van der Waals surface area contributed by atoms with E-state index in [1.807, 2.05) is 32.0 Å². The van der Waals surface area contributed by atoms with Crippen molar-refractivity contribution < 1.29 is 18.0 Å². The fraction of sp³-hybridized carbons (Fsp3) is 0.440. The number of amides is 2. The van der Waals surface area contributed by atoms with E-state index in [0.29, 0.717) is 31.7 Å². The van der Waals surface area contributed by atoms with E-state index in [2.05, 4.69) is 10.6 Å². The zero-order valence-corrected chi connectivity index (χ0v) is 20.6. The molecule has 2 aromatic rings. The van der Waals surface area contributed by atoms with E-state index >= 15 is 0 Å². The highest BCUT2D eigenvalue weighted by molar-refractivity contribution is 7.89. The zero-order valence-electron chi connectivity index (χ0n) is 19.8. The summed E-state index contributed by atoms with van der Waals surface area (Å²) in [5, 5.41) is 5.99. The Labute approximate surface area is 201 Å². The van der Waals surface area contributed by atoms with Gasteiger partial charge in [0.2, 0.25) is 21.8 Å². The van der Waals surface area contributed by atoms with Gasteiger partial charge in [0, 0.05) is 43.1 Å². The minimum Gasteiger partial charge on any atom is -0.376 e. The van der Waals surface area contributed by atoms with E-state index < -0.39 is 10.0 Å². The van der Waals surface area contributed by atoms with Gasteiger partial charge in [-0.2, -0.15) is 4.31 Å². The summed E-state index contributed by atoms with van der Waals surface area (Å²) in [6.07, 6.45) is 4.19. The molecule has 0 atom stereocenters. The quantitative estimate of drug-likeness (QED) is 0.625. The van der Waals surface area contributed by atoms with Crippen LogP contribution in [0.2, 0.25) is 0 Å². The zero-order chi connectivity index (χ0) is 24.3. The van der Waals surface area contributed by atoms with E-state index in [1.165, 1.54) is 4.31 Å². The van der Waals surface area contributed by atoms with Gasteiger partial charge in [0.05, 0.1) is 11.4 Å². The Kier molecular flexibility index (Phi) is 7.23. The van der Waals surface area contributed by atoms with Gasteiger partial charge in [-0.1, -0.05) is 18.6 Å². The molecule has 4 rings (SSSR count). The number of piperidine rings is 1. The van der Waals surface area contributed by atoms with Crippen molar-refractivity contribution in [3.8, 4) is 0 Å². The van der Waals surface area contributed by atoms with Gasteiger partial charge < -0.3 is 15.5 Å². The van der Waals surface area contributed by atoms with Crippen LogP contribution >= 0.6 is 0 Å². The molecule has 2 amide bonds. The predicted molar refractivity (Wildman–Crippen MR) is 134 cm³/mol. The Morgan fingerprint density at radius 3 is 2.44 bits per heavy atom. The molecule has 2 fully saturated rings. The monoisotopic (exact) mass is 484 g/mol. The van der Waals surface area contributed by atoms with E-state index in [-0.39, 0.29) is 23.3 Å². The lowest BCUT2D eigenvalue weighted by Gasteiger charge is -2.26. The highest BCUT2D eigenvalue weighted by atomic mass is 32.2. The highest BCUT2D eigenvalue weighted by Gasteiger charge is 2.27. The minimum atomic E-state index is -3.58. The molecule has 2 aromatic carbocycles. The molecule has 34 heavy (non-hydrogen) atoms. The van der Waals surface area contributed by atoms with Crippen LogP contribution in [-0.4, -0.2) is 50.7 Å². The third-order valence-electron chi connectivity index (χ3n) is 6.54. The topological polar surface area (TPSA) is 98.8 Å². The molecule has 0 unspecified atom stereocenters. The van der Waals surface area contributed by atoms with Gasteiger partial charge in [0.1, 0.15) is 0 Å². The summed E-state index contributed by atoms with van der Waals surface area (Å²) in [6, 6.07) is 10.5. The van der Waals surface area contributed by atoms with Crippen LogP contribution in [0.25, 0.3) is 0 Å². The third kappa shape index (κ3) is 5.10. The average Bonchev–Trinajstić information content (AvgIpc) is 3.26. The number of aryl methyl sites for hydroxylation is 1. The minimum absolute atomic E-state index is 0.0147. The lowest BCUT2D eigenvalue weighted by Crippen LogP contribution is -2.35. The molecule has 0 aliphatic carbocycles. The van der Waals surface area contributed by atoms with Crippen LogP contribution in [0.5, 0.6) is 0 Å². The molecule has 0 bridgehead atoms. The number of benzene rings is 2. The van der Waals surface area contributed by atoms with Gasteiger partial charge in [0.25, 0.3) is 0 Å². The number of hydrogen-bond acceptors (Lipinski definition) is 5. The number of carbonyl (C=O) groups is 2. The molecule has 0 aromatic heterocycles. The van der Waals surface area contributed by atoms with Gasteiger partial charge in [-0.05, 0) is 68.5 Å². The summed E-state index contributed by atoms with van der Waals surface area (Å²) < 4.78 is 27.6. The van der Waals surface area contributed by atoms with Gasteiger partial charge >= 0.3 is 0 Å². The molecule has 0 spiro atoms. The van der Waals surface area contributed by atoms with Gasteiger partial charge in [0.15, 0.2) is 0 Å². The highest BCUT2D eigenvalue weighted by Crippen LogP contribution is 2.30. The number of carbonyl (C=O) groups excluding carboxylic acids is 2. The normalized spacial score (nSPS) is 17.1. The SMILES string of the molecule is Cc1ccc(S(=O)(=O)N2CCCCC2)cc1NC(=O)CNc1cccc(N2CCCC2=O)c1C. The van der Waals surface area contributed by atoms with Crippen molar-refractivity contribution in [1.29, 1.82) is 0 Å². The number of hydrogen-bond donors (Lipinski definition) is 2. The molecule has 2 heterocycles. The summed E-state index contributed by atoms with van der Waals surface area (Å²) in [7, 11) is -3.58. The molecule has 0 saturated carbocycles. The molecular weight excluding hydrogens is 452 g/mol. The Bertz CT molecular complexity index is 1190. The summed E-state index contributed by atoms with van der Waals surface area (Å²) in [4.78, 5) is 26.8. The van der Waals surface area contributed by atoms with Crippen LogP contribution < -0.4 is 15.5 Å². The Hall–Kier alpha value is -2.91. The van der Waals surface area contributed by atoms with Crippen molar-refractivity contribution in [2.24, 2.45) is 0 Å². The lowest BCUT2D eigenvalue weighted by molar-refractivity contribution is -0.117. The summed E-state index contributed by atoms with van der Waals surface area (Å²) in [5.74, 6) is -0.162. The Balaban J connectivity index is 1.44. The summed E-state index contributed by atoms with van der Waals surface area (Å²) in [5.41, 5.74) is 3.83. The van der Waals surface area contributed by atoms with Crippen LogP contribution in [0, 0.1) is 13.8 Å². The second-order valence-corrected chi connectivity index (χ2v) is 10.9. The average molecular weight is 485 g/mol. The first-order chi connectivity index (χ1) is 16.3. The van der Waals surface area contributed by atoms with Crippen molar-refractivity contribution in [2.75, 3.05) is 41.7 Å². The molecule has 2 aliphatic rings. The largest absolute Gasteiger partial charge is 0.376 e. The van der Waals surface area contributed by atoms with Crippen LogP contribution in [-0.2, 0) is 19.6 Å². The van der Waals surface area contributed by atoms with E-state index in [4.69, 9.17) is 0 Å². The standard InChI is InChI=1S/C25H32N4O4S/c1-18-11-12-20(34(32,33)28-13-4-3-5-14-28)16-22(18)27-24(30)17-26-21-8-6-9-23(19(21)2)29-15-7-10-25(29)31/h6,8-9,11-12,16,26H,3-5,7,10,13-15,17H2,1-2H3,(H,27,30). The first-order valence-electron chi connectivity index (χ1n) is 11.8.